The van der Waals surface area contributed by atoms with Gasteiger partial charge in [-0.3, -0.25) is 0 Å². The number of hydrogen-bond donors (Lipinski definition) is 0. The van der Waals surface area contributed by atoms with Crippen molar-refractivity contribution in [1.29, 1.82) is 0 Å². The topological polar surface area (TPSA) is 26.3 Å². The second-order valence-corrected chi connectivity index (χ2v) is 18.4. The second-order valence-electron chi connectivity index (χ2n) is 18.4. The molecule has 0 N–H and O–H groups in total. The van der Waals surface area contributed by atoms with Crippen LogP contribution in [0.1, 0.15) is 33.4 Å². The third-order valence-corrected chi connectivity index (χ3v) is 14.7. The summed E-state index contributed by atoms with van der Waals surface area (Å²) >= 11 is 0. The number of hydrogen-bond acceptors (Lipinski definition) is 2. The Hall–Kier alpha value is -8.46. The second kappa shape index (κ2) is 14.3. The highest BCUT2D eigenvalue weighted by Gasteiger charge is 2.47. The maximum atomic E-state index is 6.52. The van der Waals surface area contributed by atoms with Crippen molar-refractivity contribution in [3.8, 4) is 44.5 Å². The summed E-state index contributed by atoms with van der Waals surface area (Å²) in [5.41, 5.74) is 20.2. The van der Waals surface area contributed by atoms with Gasteiger partial charge in [0.2, 0.25) is 0 Å². The summed E-state index contributed by atoms with van der Waals surface area (Å²) < 4.78 is 13.0. The number of rotatable bonds is 5. The molecule has 0 radical (unpaired) electrons. The minimum Gasteiger partial charge on any atom is -0.456 e. The molecule has 314 valence electrons. The van der Waals surface area contributed by atoms with Crippen molar-refractivity contribution < 1.29 is 8.83 Å². The molecule has 0 atom stereocenters. The molecule has 1 aliphatic rings. The molecule has 0 spiro atoms. The zero-order valence-corrected chi connectivity index (χ0v) is 37.1. The Morgan fingerprint density at radius 2 is 0.687 bits per heavy atom. The predicted octanol–water partition coefficient (Wildman–Crippen LogP) is 17.8. The van der Waals surface area contributed by atoms with Crippen LogP contribution in [0.4, 0.5) is 0 Å². The van der Waals surface area contributed by atoms with Gasteiger partial charge in [0.1, 0.15) is 22.3 Å². The van der Waals surface area contributed by atoms with Crippen LogP contribution in [0.15, 0.2) is 227 Å². The first kappa shape index (κ1) is 37.9. The SMILES string of the molecule is Cc1ccc(C2(c3ccc(C)cc3)c3ccccc3-c3c(-c4c5cccc(-c6cccc7oc8ccccc8c67)c5cc5c(-c6cccc7oc8ccccc8c67)cccc45)cccc32)cc1. The Labute approximate surface area is 388 Å². The van der Waals surface area contributed by atoms with E-state index in [2.05, 4.69) is 232 Å². The fourth-order valence-electron chi connectivity index (χ4n) is 11.9. The fourth-order valence-corrected chi connectivity index (χ4v) is 11.9. The van der Waals surface area contributed by atoms with Gasteiger partial charge < -0.3 is 8.83 Å². The molecule has 67 heavy (non-hydrogen) atoms. The lowest BCUT2D eigenvalue weighted by atomic mass is 9.67. The van der Waals surface area contributed by atoms with Crippen LogP contribution in [0.2, 0.25) is 0 Å². The van der Waals surface area contributed by atoms with E-state index in [1.807, 2.05) is 0 Å². The van der Waals surface area contributed by atoms with E-state index in [0.29, 0.717) is 0 Å². The average Bonchev–Trinajstić information content (AvgIpc) is 4.05. The van der Waals surface area contributed by atoms with Crippen LogP contribution in [0, 0.1) is 13.8 Å². The zero-order valence-electron chi connectivity index (χ0n) is 37.1. The van der Waals surface area contributed by atoms with Crippen LogP contribution in [-0.4, -0.2) is 0 Å². The highest BCUT2D eigenvalue weighted by atomic mass is 16.3. The predicted molar refractivity (Wildman–Crippen MR) is 279 cm³/mol. The van der Waals surface area contributed by atoms with Crippen LogP contribution in [0.5, 0.6) is 0 Å². The number of aryl methyl sites for hydroxylation is 2. The first-order valence-corrected chi connectivity index (χ1v) is 23.2. The summed E-state index contributed by atoms with van der Waals surface area (Å²) in [5.74, 6) is 0. The van der Waals surface area contributed by atoms with Gasteiger partial charge in [-0.1, -0.05) is 199 Å². The van der Waals surface area contributed by atoms with E-state index in [1.54, 1.807) is 0 Å². The van der Waals surface area contributed by atoms with Gasteiger partial charge in [-0.15, -0.1) is 0 Å². The zero-order chi connectivity index (χ0) is 44.4. The number of benzene rings is 11. The lowest BCUT2D eigenvalue weighted by molar-refractivity contribution is 0.668. The third kappa shape index (κ3) is 5.33. The van der Waals surface area contributed by atoms with E-state index in [1.165, 1.54) is 88.3 Å². The van der Waals surface area contributed by atoms with E-state index in [0.717, 1.165) is 55.0 Å². The largest absolute Gasteiger partial charge is 0.456 e. The smallest absolute Gasteiger partial charge is 0.136 e. The number of fused-ring (bicyclic) bond motifs is 11. The molecule has 0 saturated heterocycles. The maximum absolute atomic E-state index is 6.52. The third-order valence-electron chi connectivity index (χ3n) is 14.7. The molecule has 14 rings (SSSR count). The molecule has 0 aliphatic heterocycles. The Bertz CT molecular complexity index is 3940. The Morgan fingerprint density at radius 1 is 0.284 bits per heavy atom. The molecule has 2 heterocycles. The molecular weight excluding hydrogens is 813 g/mol. The van der Waals surface area contributed by atoms with Crippen molar-refractivity contribution in [2.75, 3.05) is 0 Å². The molecule has 0 unspecified atom stereocenters. The Morgan fingerprint density at radius 3 is 1.25 bits per heavy atom. The van der Waals surface area contributed by atoms with E-state index in [4.69, 9.17) is 8.83 Å². The van der Waals surface area contributed by atoms with E-state index < -0.39 is 5.41 Å². The van der Waals surface area contributed by atoms with Crippen molar-refractivity contribution in [2.45, 2.75) is 19.3 Å². The fraction of sp³-hybridized carbons (Fsp3) is 0.0462. The van der Waals surface area contributed by atoms with E-state index >= 15 is 0 Å². The summed E-state index contributed by atoms with van der Waals surface area (Å²) in [6, 6.07) is 80.7. The summed E-state index contributed by atoms with van der Waals surface area (Å²) in [5, 5.41) is 9.27. The van der Waals surface area contributed by atoms with E-state index in [9.17, 15) is 0 Å². The molecule has 2 heteroatoms. The highest BCUT2D eigenvalue weighted by molar-refractivity contribution is 6.24. The van der Waals surface area contributed by atoms with Crippen molar-refractivity contribution in [1.82, 2.24) is 0 Å². The van der Waals surface area contributed by atoms with Gasteiger partial charge in [-0.05, 0) is 132 Å². The van der Waals surface area contributed by atoms with Gasteiger partial charge in [0.05, 0.1) is 5.41 Å². The molecule has 0 fully saturated rings. The van der Waals surface area contributed by atoms with Crippen molar-refractivity contribution in [3.05, 3.63) is 252 Å². The first-order valence-electron chi connectivity index (χ1n) is 23.2. The first-order chi connectivity index (χ1) is 33.1. The van der Waals surface area contributed by atoms with Gasteiger partial charge in [0.25, 0.3) is 0 Å². The number of furan rings is 2. The molecule has 0 bridgehead atoms. The number of para-hydroxylation sites is 2. The summed E-state index contributed by atoms with van der Waals surface area (Å²) in [4.78, 5) is 0. The Kier molecular flexibility index (Phi) is 8.06. The van der Waals surface area contributed by atoms with Gasteiger partial charge >= 0.3 is 0 Å². The molecular formula is C65H42O2. The summed E-state index contributed by atoms with van der Waals surface area (Å²) in [6.07, 6.45) is 0. The van der Waals surface area contributed by atoms with Crippen molar-refractivity contribution >= 4 is 65.4 Å². The molecule has 2 aromatic heterocycles. The van der Waals surface area contributed by atoms with Gasteiger partial charge in [0, 0.05) is 21.5 Å². The molecule has 0 amide bonds. The minimum atomic E-state index is -0.546. The quantitative estimate of drug-likeness (QED) is 0.161. The van der Waals surface area contributed by atoms with Crippen LogP contribution in [-0.2, 0) is 5.41 Å². The molecule has 13 aromatic rings. The van der Waals surface area contributed by atoms with Gasteiger partial charge in [-0.25, -0.2) is 0 Å². The van der Waals surface area contributed by atoms with Crippen LogP contribution >= 0.6 is 0 Å². The molecule has 2 nitrogen and oxygen atoms in total. The van der Waals surface area contributed by atoms with Gasteiger partial charge in [-0.2, -0.15) is 0 Å². The Balaban J connectivity index is 1.15. The van der Waals surface area contributed by atoms with Crippen LogP contribution in [0.3, 0.4) is 0 Å². The van der Waals surface area contributed by atoms with Crippen molar-refractivity contribution in [3.63, 3.8) is 0 Å². The molecule has 11 aromatic carbocycles. The van der Waals surface area contributed by atoms with Crippen LogP contribution in [0.25, 0.3) is 110 Å². The lowest BCUT2D eigenvalue weighted by Gasteiger charge is -2.34. The monoisotopic (exact) mass is 854 g/mol. The van der Waals surface area contributed by atoms with Crippen LogP contribution < -0.4 is 0 Å². The molecule has 0 saturated carbocycles. The lowest BCUT2D eigenvalue weighted by Crippen LogP contribution is -2.28. The normalized spacial score (nSPS) is 13.0. The summed E-state index contributed by atoms with van der Waals surface area (Å²) in [6.45, 7) is 4.35. The maximum Gasteiger partial charge on any atom is 0.136 e. The average molecular weight is 855 g/mol. The standard InChI is InChI=1S/C65H42O2/c1-39-30-34-41(35-31-39)65(42-36-32-40(2)33-37-42)55-24-6-3-14-49(55)62-52(23-11-25-56(62)65)61-47-19-9-17-43(45-21-12-28-59-63(45)50-15-4-7-26-57(50)66-59)53(47)38-54-44(18-10-20-48(54)61)46-22-13-29-60-64(46)51-16-5-8-27-58(51)67-60/h3-38H,1-2H3. The minimum absolute atomic E-state index is 0.546. The molecule has 1 aliphatic carbocycles. The summed E-state index contributed by atoms with van der Waals surface area (Å²) in [7, 11) is 0. The van der Waals surface area contributed by atoms with Gasteiger partial charge in [0.15, 0.2) is 0 Å². The van der Waals surface area contributed by atoms with E-state index in [-0.39, 0.29) is 0 Å². The highest BCUT2D eigenvalue weighted by Crippen LogP contribution is 2.59. The van der Waals surface area contributed by atoms with Crippen molar-refractivity contribution in [2.24, 2.45) is 0 Å².